The molecule has 1 aromatic heterocycles. The van der Waals surface area contributed by atoms with Crippen molar-refractivity contribution in [1.82, 2.24) is 10.2 Å². The molecule has 0 fully saturated rings. The van der Waals surface area contributed by atoms with Crippen LogP contribution in [0.1, 0.15) is 12.0 Å². The molecule has 0 spiro atoms. The van der Waals surface area contributed by atoms with Crippen LogP contribution in [0.4, 0.5) is 5.69 Å². The normalized spacial score (nSPS) is 15.7. The number of fused-ring (bicyclic) bond motifs is 1. The van der Waals surface area contributed by atoms with Crippen LogP contribution >= 0.6 is 0 Å². The Hall–Kier alpha value is -2.41. The van der Waals surface area contributed by atoms with Crippen molar-refractivity contribution in [2.24, 2.45) is 0 Å². The second kappa shape index (κ2) is 6.00. The number of aryl methyl sites for hydroxylation is 1. The summed E-state index contributed by atoms with van der Waals surface area (Å²) in [5, 5.41) is 4.75. The van der Waals surface area contributed by atoms with Gasteiger partial charge in [-0.15, -0.1) is 0 Å². The van der Waals surface area contributed by atoms with Crippen LogP contribution in [-0.4, -0.2) is 30.5 Å². The Morgan fingerprint density at radius 1 is 1.26 bits per heavy atom. The molecule has 2 heterocycles. The highest BCUT2D eigenvalue weighted by Gasteiger charge is 2.34. The maximum Gasteiger partial charge on any atom is 0.264 e. The number of aromatic amines is 1. The van der Waals surface area contributed by atoms with Crippen molar-refractivity contribution in [3.8, 4) is 0 Å². The highest BCUT2D eigenvalue weighted by atomic mass is 32.2. The van der Waals surface area contributed by atoms with E-state index in [1.54, 1.807) is 0 Å². The van der Waals surface area contributed by atoms with Crippen LogP contribution < -0.4 is 10.5 Å². The molecule has 0 saturated heterocycles. The fourth-order valence-electron chi connectivity index (χ4n) is 2.86. The first kappa shape index (κ1) is 15.5. The highest BCUT2D eigenvalue weighted by Crippen LogP contribution is 2.31. The Morgan fingerprint density at radius 2 is 2.04 bits per heavy atom. The molecule has 1 unspecified atom stereocenters. The van der Waals surface area contributed by atoms with E-state index in [1.165, 1.54) is 12.1 Å². The van der Waals surface area contributed by atoms with Crippen molar-refractivity contribution >= 4 is 15.5 Å². The third-order valence-corrected chi connectivity index (χ3v) is 5.81. The molecule has 1 atom stereocenters. The van der Waals surface area contributed by atoms with Crippen LogP contribution in [0.15, 0.2) is 58.9 Å². The summed E-state index contributed by atoms with van der Waals surface area (Å²) in [4.78, 5) is 12.9. The number of para-hydroxylation sites is 1. The zero-order valence-electron chi connectivity index (χ0n) is 12.5. The van der Waals surface area contributed by atoms with Crippen molar-refractivity contribution in [2.45, 2.75) is 23.2 Å². The van der Waals surface area contributed by atoms with Gasteiger partial charge in [-0.2, -0.15) is 5.10 Å². The number of anilines is 1. The van der Waals surface area contributed by atoms with Gasteiger partial charge in [-0.1, -0.05) is 30.9 Å². The first-order valence-electron chi connectivity index (χ1n) is 7.31. The zero-order valence-corrected chi connectivity index (χ0v) is 13.3. The van der Waals surface area contributed by atoms with Gasteiger partial charge in [0.2, 0.25) is 9.84 Å². The number of nitrogens with zero attached hydrogens (tertiary/aromatic N) is 2. The van der Waals surface area contributed by atoms with E-state index in [9.17, 15) is 13.2 Å². The summed E-state index contributed by atoms with van der Waals surface area (Å²) < 4.78 is 25.8. The summed E-state index contributed by atoms with van der Waals surface area (Å²) >= 11 is 0. The van der Waals surface area contributed by atoms with Gasteiger partial charge >= 0.3 is 0 Å². The molecule has 1 N–H and O–H groups in total. The Balaban J connectivity index is 2.05. The molecule has 2 aromatic rings. The van der Waals surface area contributed by atoms with Crippen LogP contribution in [0.25, 0.3) is 0 Å². The summed E-state index contributed by atoms with van der Waals surface area (Å²) in [5.74, 6) is 0. The van der Waals surface area contributed by atoms with Crippen molar-refractivity contribution in [3.63, 3.8) is 0 Å². The number of rotatable bonds is 4. The van der Waals surface area contributed by atoms with Crippen LogP contribution in [-0.2, 0) is 16.3 Å². The monoisotopic (exact) mass is 331 g/mol. The maximum absolute atomic E-state index is 12.9. The number of aromatic nitrogens is 2. The minimum Gasteiger partial charge on any atom is -0.351 e. The second-order valence-electron chi connectivity index (χ2n) is 5.36. The Bertz CT molecular complexity index is 869. The van der Waals surface area contributed by atoms with Gasteiger partial charge in [0.05, 0.1) is 0 Å². The van der Waals surface area contributed by atoms with Gasteiger partial charge in [0.25, 0.3) is 5.56 Å². The van der Waals surface area contributed by atoms with Crippen LogP contribution in [0.2, 0.25) is 0 Å². The Morgan fingerprint density at radius 3 is 2.74 bits per heavy atom. The van der Waals surface area contributed by atoms with E-state index in [4.69, 9.17) is 0 Å². The third kappa shape index (κ3) is 2.79. The minimum atomic E-state index is -3.78. The maximum atomic E-state index is 12.9. The topological polar surface area (TPSA) is 83.1 Å². The standard InChI is InChI=1S/C16H17N3O3S/c1-2-16(23(21,22)15-10-9-14(20)17-18-15)19-11-5-7-12-6-3-4-8-13(12)19/h2-4,6,8-10,16H,1,5,7,11H2,(H,17,20). The first-order valence-corrected chi connectivity index (χ1v) is 8.85. The summed E-state index contributed by atoms with van der Waals surface area (Å²) in [5.41, 5.74) is 1.58. The fourth-order valence-corrected chi connectivity index (χ4v) is 4.35. The van der Waals surface area contributed by atoms with E-state index < -0.39 is 20.8 Å². The Labute approximate surface area is 134 Å². The largest absolute Gasteiger partial charge is 0.351 e. The molecule has 23 heavy (non-hydrogen) atoms. The second-order valence-corrected chi connectivity index (χ2v) is 7.35. The molecule has 3 rings (SSSR count). The van der Waals surface area contributed by atoms with Crippen molar-refractivity contribution in [2.75, 3.05) is 11.4 Å². The van der Waals surface area contributed by atoms with Gasteiger partial charge in [-0.3, -0.25) is 4.79 Å². The van der Waals surface area contributed by atoms with Gasteiger partial charge < -0.3 is 4.90 Å². The zero-order chi connectivity index (χ0) is 16.4. The van der Waals surface area contributed by atoms with E-state index in [-0.39, 0.29) is 5.03 Å². The van der Waals surface area contributed by atoms with Crippen LogP contribution in [0.3, 0.4) is 0 Å². The molecule has 0 aliphatic carbocycles. The molecule has 0 bridgehead atoms. The molecule has 1 aromatic carbocycles. The lowest BCUT2D eigenvalue weighted by Gasteiger charge is -2.35. The average molecular weight is 331 g/mol. The SMILES string of the molecule is C=CC(N1CCCc2ccccc21)S(=O)(=O)c1ccc(=O)[nH]n1. The van der Waals surface area contributed by atoms with Gasteiger partial charge in [-0.05, 0) is 30.5 Å². The van der Waals surface area contributed by atoms with Crippen LogP contribution in [0, 0.1) is 0 Å². The number of benzene rings is 1. The Kier molecular flexibility index (Phi) is 4.04. The van der Waals surface area contributed by atoms with E-state index in [1.807, 2.05) is 29.2 Å². The lowest BCUT2D eigenvalue weighted by molar-refractivity contribution is 0.573. The summed E-state index contributed by atoms with van der Waals surface area (Å²) in [6.07, 6.45) is 3.20. The number of sulfone groups is 1. The first-order chi connectivity index (χ1) is 11.0. The van der Waals surface area contributed by atoms with E-state index >= 15 is 0 Å². The van der Waals surface area contributed by atoms with Gasteiger partial charge in [-0.25, -0.2) is 13.5 Å². The summed E-state index contributed by atoms with van der Waals surface area (Å²) in [6.45, 7) is 4.32. The smallest absolute Gasteiger partial charge is 0.264 e. The third-order valence-electron chi connectivity index (χ3n) is 3.92. The highest BCUT2D eigenvalue weighted by molar-refractivity contribution is 7.92. The molecule has 0 saturated carbocycles. The molecule has 0 amide bonds. The summed E-state index contributed by atoms with van der Waals surface area (Å²) in [7, 11) is -3.78. The quantitative estimate of drug-likeness (QED) is 0.859. The lowest BCUT2D eigenvalue weighted by Crippen LogP contribution is -2.43. The fraction of sp³-hybridized carbons (Fsp3) is 0.250. The average Bonchev–Trinajstić information content (AvgIpc) is 2.56. The lowest BCUT2D eigenvalue weighted by atomic mass is 10.0. The van der Waals surface area contributed by atoms with Gasteiger partial charge in [0.1, 0.15) is 0 Å². The van der Waals surface area contributed by atoms with Gasteiger partial charge in [0.15, 0.2) is 10.4 Å². The van der Waals surface area contributed by atoms with Crippen LogP contribution in [0.5, 0.6) is 0 Å². The molecular weight excluding hydrogens is 314 g/mol. The van der Waals surface area contributed by atoms with Crippen molar-refractivity contribution in [3.05, 3.63) is 65.0 Å². The number of hydrogen-bond acceptors (Lipinski definition) is 5. The predicted molar refractivity (Wildman–Crippen MR) is 88.1 cm³/mol. The molecule has 7 heteroatoms. The summed E-state index contributed by atoms with van der Waals surface area (Å²) in [6, 6.07) is 10.1. The number of hydrogen-bond donors (Lipinski definition) is 1. The van der Waals surface area contributed by atoms with Gasteiger partial charge in [0, 0.05) is 18.3 Å². The molecule has 1 aliphatic heterocycles. The number of H-pyrrole nitrogens is 1. The molecule has 0 radical (unpaired) electrons. The molecule has 1 aliphatic rings. The van der Waals surface area contributed by atoms with E-state index in [2.05, 4.69) is 16.8 Å². The van der Waals surface area contributed by atoms with E-state index in [0.717, 1.165) is 30.2 Å². The molecule has 6 nitrogen and oxygen atoms in total. The van der Waals surface area contributed by atoms with Crippen molar-refractivity contribution < 1.29 is 8.42 Å². The van der Waals surface area contributed by atoms with E-state index in [0.29, 0.717) is 6.54 Å². The number of nitrogens with one attached hydrogen (secondary N) is 1. The molecule has 120 valence electrons. The minimum absolute atomic E-state index is 0.162. The predicted octanol–water partition coefficient (Wildman–Crippen LogP) is 1.51. The molecular formula is C16H17N3O3S. The van der Waals surface area contributed by atoms with Crippen molar-refractivity contribution in [1.29, 1.82) is 0 Å².